The van der Waals surface area contributed by atoms with Crippen LogP contribution in [0.25, 0.3) is 0 Å². The van der Waals surface area contributed by atoms with Gasteiger partial charge in [0.05, 0.1) is 0 Å². The van der Waals surface area contributed by atoms with Gasteiger partial charge in [0.25, 0.3) is 0 Å². The molecule has 1 fully saturated rings. The molecule has 2 aliphatic carbocycles. The Balaban J connectivity index is 1.70. The second-order valence-electron chi connectivity index (χ2n) is 5.42. The van der Waals surface area contributed by atoms with E-state index in [4.69, 9.17) is 4.74 Å². The molecule has 1 aromatic rings. The van der Waals surface area contributed by atoms with E-state index in [0.29, 0.717) is 0 Å². The number of halogens is 1. The van der Waals surface area contributed by atoms with E-state index in [0.717, 1.165) is 29.2 Å². The largest absolute Gasteiger partial charge is 0.486 e. The molecule has 1 unspecified atom stereocenters. The molecule has 1 saturated carbocycles. The van der Waals surface area contributed by atoms with Crippen molar-refractivity contribution in [3.8, 4) is 5.75 Å². The van der Waals surface area contributed by atoms with Crippen molar-refractivity contribution in [2.24, 2.45) is 0 Å². The fourth-order valence-electron chi connectivity index (χ4n) is 2.39. The van der Waals surface area contributed by atoms with Crippen LogP contribution < -0.4 is 10.1 Å². The number of rotatable bonds is 5. The fourth-order valence-corrected chi connectivity index (χ4v) is 2.79. The molecule has 0 heterocycles. The Bertz CT molecular complexity index is 468. The maximum absolute atomic E-state index is 6.15. The van der Waals surface area contributed by atoms with Crippen LogP contribution in [0.1, 0.15) is 37.7 Å². The van der Waals surface area contributed by atoms with Gasteiger partial charge in [-0.1, -0.05) is 22.0 Å². The first-order valence-electron chi connectivity index (χ1n) is 7.16. The summed E-state index contributed by atoms with van der Waals surface area (Å²) in [5.41, 5.74) is 1.25. The average Bonchev–Trinajstić information content (AvgIpc) is 3.24. The molecule has 0 saturated heterocycles. The van der Waals surface area contributed by atoms with E-state index >= 15 is 0 Å². The number of benzene rings is 1. The van der Waals surface area contributed by atoms with Crippen LogP contribution in [0.5, 0.6) is 5.75 Å². The lowest BCUT2D eigenvalue weighted by Crippen LogP contribution is -2.19. The third kappa shape index (κ3) is 3.83. The molecule has 19 heavy (non-hydrogen) atoms. The molecular weight excluding hydrogens is 302 g/mol. The number of nitrogens with one attached hydrogen (secondary N) is 1. The standard InChI is InChI=1S/C16H20BrNO/c17-13-6-9-16(19-15-4-2-1-3-5-15)12(10-13)11-18-14-7-8-14/h2,4,6,9-10,14-15,18H,1,3,5,7-8,11H2. The van der Waals surface area contributed by atoms with E-state index in [2.05, 4.69) is 51.6 Å². The van der Waals surface area contributed by atoms with Gasteiger partial charge >= 0.3 is 0 Å². The highest BCUT2D eigenvalue weighted by molar-refractivity contribution is 9.10. The van der Waals surface area contributed by atoms with Gasteiger partial charge in [-0.05, 0) is 56.4 Å². The molecule has 1 N–H and O–H groups in total. The first-order valence-corrected chi connectivity index (χ1v) is 7.96. The third-order valence-corrected chi connectivity index (χ3v) is 4.16. The molecule has 0 bridgehead atoms. The van der Waals surface area contributed by atoms with E-state index in [-0.39, 0.29) is 6.10 Å². The van der Waals surface area contributed by atoms with Crippen LogP contribution in [-0.4, -0.2) is 12.1 Å². The van der Waals surface area contributed by atoms with Gasteiger partial charge in [0, 0.05) is 22.6 Å². The van der Waals surface area contributed by atoms with Crippen LogP contribution >= 0.6 is 15.9 Å². The van der Waals surface area contributed by atoms with E-state index in [9.17, 15) is 0 Å². The number of ether oxygens (including phenoxy) is 1. The van der Waals surface area contributed by atoms with Crippen molar-refractivity contribution < 1.29 is 4.74 Å². The van der Waals surface area contributed by atoms with Crippen molar-refractivity contribution >= 4 is 15.9 Å². The second kappa shape index (κ2) is 6.10. The third-order valence-electron chi connectivity index (χ3n) is 3.67. The monoisotopic (exact) mass is 321 g/mol. The maximum atomic E-state index is 6.15. The van der Waals surface area contributed by atoms with E-state index in [1.165, 1.54) is 31.2 Å². The van der Waals surface area contributed by atoms with Crippen LogP contribution in [0.4, 0.5) is 0 Å². The molecule has 1 atom stereocenters. The summed E-state index contributed by atoms with van der Waals surface area (Å²) in [5.74, 6) is 1.02. The van der Waals surface area contributed by atoms with Crippen molar-refractivity contribution in [2.45, 2.75) is 50.8 Å². The topological polar surface area (TPSA) is 21.3 Å². The fraction of sp³-hybridized carbons (Fsp3) is 0.500. The highest BCUT2D eigenvalue weighted by atomic mass is 79.9. The van der Waals surface area contributed by atoms with Crippen molar-refractivity contribution in [3.63, 3.8) is 0 Å². The zero-order valence-electron chi connectivity index (χ0n) is 11.1. The van der Waals surface area contributed by atoms with Gasteiger partial charge in [-0.25, -0.2) is 0 Å². The summed E-state index contributed by atoms with van der Waals surface area (Å²) in [4.78, 5) is 0. The van der Waals surface area contributed by atoms with Crippen LogP contribution in [-0.2, 0) is 6.54 Å². The minimum absolute atomic E-state index is 0.245. The second-order valence-corrected chi connectivity index (χ2v) is 6.34. The van der Waals surface area contributed by atoms with Gasteiger partial charge in [0.1, 0.15) is 11.9 Å². The van der Waals surface area contributed by atoms with Gasteiger partial charge in [-0.15, -0.1) is 0 Å². The van der Waals surface area contributed by atoms with Crippen LogP contribution in [0.3, 0.4) is 0 Å². The van der Waals surface area contributed by atoms with Crippen LogP contribution in [0.2, 0.25) is 0 Å². The Morgan fingerprint density at radius 2 is 2.16 bits per heavy atom. The van der Waals surface area contributed by atoms with Crippen molar-refractivity contribution in [3.05, 3.63) is 40.4 Å². The van der Waals surface area contributed by atoms with Crippen LogP contribution in [0.15, 0.2) is 34.8 Å². The van der Waals surface area contributed by atoms with Gasteiger partial charge in [0.2, 0.25) is 0 Å². The minimum atomic E-state index is 0.245. The number of hydrogen-bond acceptors (Lipinski definition) is 2. The van der Waals surface area contributed by atoms with Crippen molar-refractivity contribution in [2.75, 3.05) is 0 Å². The lowest BCUT2D eigenvalue weighted by Gasteiger charge is -2.21. The highest BCUT2D eigenvalue weighted by Gasteiger charge is 2.21. The van der Waals surface area contributed by atoms with E-state index in [1.54, 1.807) is 0 Å². The molecule has 3 heteroatoms. The Morgan fingerprint density at radius 1 is 1.26 bits per heavy atom. The first kappa shape index (κ1) is 13.2. The lowest BCUT2D eigenvalue weighted by molar-refractivity contribution is 0.227. The molecule has 102 valence electrons. The Labute approximate surface area is 123 Å². The first-order chi connectivity index (χ1) is 9.31. The zero-order valence-corrected chi connectivity index (χ0v) is 12.7. The van der Waals surface area contributed by atoms with Crippen LogP contribution in [0, 0.1) is 0 Å². The highest BCUT2D eigenvalue weighted by Crippen LogP contribution is 2.27. The Morgan fingerprint density at radius 3 is 2.89 bits per heavy atom. The van der Waals surface area contributed by atoms with Gasteiger partial charge in [-0.2, -0.15) is 0 Å². The Hall–Kier alpha value is -0.800. The molecule has 0 amide bonds. The van der Waals surface area contributed by atoms with Crippen molar-refractivity contribution in [1.29, 1.82) is 0 Å². The maximum Gasteiger partial charge on any atom is 0.124 e. The summed E-state index contributed by atoms with van der Waals surface area (Å²) in [5, 5.41) is 3.56. The Kier molecular flexibility index (Phi) is 4.24. The summed E-state index contributed by atoms with van der Waals surface area (Å²) in [6.45, 7) is 0.899. The molecular formula is C16H20BrNO. The lowest BCUT2D eigenvalue weighted by atomic mass is 10.1. The van der Waals surface area contributed by atoms with Crippen molar-refractivity contribution in [1.82, 2.24) is 5.32 Å². The molecule has 0 spiro atoms. The van der Waals surface area contributed by atoms with Gasteiger partial charge < -0.3 is 10.1 Å². The summed E-state index contributed by atoms with van der Waals surface area (Å²) in [6, 6.07) is 7.03. The van der Waals surface area contributed by atoms with E-state index < -0.39 is 0 Å². The number of allylic oxidation sites excluding steroid dienone is 1. The average molecular weight is 322 g/mol. The molecule has 1 aromatic carbocycles. The molecule has 0 radical (unpaired) electrons. The molecule has 3 rings (SSSR count). The SMILES string of the molecule is Brc1ccc(OC2C=CCCC2)c(CNC2CC2)c1. The summed E-state index contributed by atoms with van der Waals surface area (Å²) in [6.07, 6.45) is 10.9. The smallest absolute Gasteiger partial charge is 0.124 e. The summed E-state index contributed by atoms with van der Waals surface area (Å²) < 4.78 is 7.26. The number of hydrogen-bond donors (Lipinski definition) is 1. The molecule has 2 nitrogen and oxygen atoms in total. The molecule has 0 aromatic heterocycles. The van der Waals surface area contributed by atoms with Gasteiger partial charge in [-0.3, -0.25) is 0 Å². The van der Waals surface area contributed by atoms with E-state index in [1.807, 2.05) is 0 Å². The zero-order chi connectivity index (χ0) is 13.1. The summed E-state index contributed by atoms with van der Waals surface area (Å²) in [7, 11) is 0. The quantitative estimate of drug-likeness (QED) is 0.821. The minimum Gasteiger partial charge on any atom is -0.486 e. The normalized spacial score (nSPS) is 22.5. The predicted octanol–water partition coefficient (Wildman–Crippen LogP) is 4.19. The molecule has 0 aliphatic heterocycles. The molecule has 2 aliphatic rings. The summed E-state index contributed by atoms with van der Waals surface area (Å²) >= 11 is 3.55. The predicted molar refractivity (Wildman–Crippen MR) is 81.4 cm³/mol. The van der Waals surface area contributed by atoms with Gasteiger partial charge in [0.15, 0.2) is 0 Å².